The lowest BCUT2D eigenvalue weighted by molar-refractivity contribution is -0.384. The van der Waals surface area contributed by atoms with E-state index in [-0.39, 0.29) is 10.6 Å². The van der Waals surface area contributed by atoms with Gasteiger partial charge in [0.2, 0.25) is 0 Å². The Balaban J connectivity index is 2.18. The molecule has 2 unspecified atom stereocenters. The number of nitrogens with one attached hydrogen (secondary N) is 1. The van der Waals surface area contributed by atoms with Crippen molar-refractivity contribution in [1.82, 2.24) is 0 Å². The van der Waals surface area contributed by atoms with Crippen molar-refractivity contribution in [2.75, 3.05) is 5.32 Å². The summed E-state index contributed by atoms with van der Waals surface area (Å²) in [6.45, 7) is 4.09. The van der Waals surface area contributed by atoms with E-state index < -0.39 is 0 Å². The highest BCUT2D eigenvalue weighted by Crippen LogP contribution is 2.38. The lowest BCUT2D eigenvalue weighted by atomic mass is 10.2. The lowest BCUT2D eigenvalue weighted by Gasteiger charge is -2.07. The summed E-state index contributed by atoms with van der Waals surface area (Å²) in [6.07, 6.45) is 2.26. The maximum absolute atomic E-state index is 10.9. The zero-order valence-corrected chi connectivity index (χ0v) is 9.56. The molecule has 1 fully saturated rings. The average molecular weight is 220 g/mol. The summed E-state index contributed by atoms with van der Waals surface area (Å²) in [5.41, 5.74) is 1.88. The molecule has 0 spiro atoms. The Hall–Kier alpha value is -1.58. The molecule has 4 heteroatoms. The summed E-state index contributed by atoms with van der Waals surface area (Å²) < 4.78 is 0. The Morgan fingerprint density at radius 2 is 2.31 bits per heavy atom. The molecule has 0 radical (unpaired) electrons. The van der Waals surface area contributed by atoms with Gasteiger partial charge in [-0.1, -0.05) is 19.4 Å². The molecular formula is C12H16N2O2. The zero-order chi connectivity index (χ0) is 11.7. The third kappa shape index (κ3) is 2.15. The highest BCUT2D eigenvalue weighted by Gasteiger charge is 2.36. The van der Waals surface area contributed by atoms with Gasteiger partial charge in [-0.15, -0.1) is 0 Å². The molecule has 1 N–H and O–H groups in total. The SMILES string of the molecule is CCC1CC1Nc1cc(C)ccc1[N+](=O)[O-]. The van der Waals surface area contributed by atoms with E-state index in [0.717, 1.165) is 18.4 Å². The van der Waals surface area contributed by atoms with Gasteiger partial charge in [-0.05, 0) is 30.9 Å². The molecular weight excluding hydrogens is 204 g/mol. The van der Waals surface area contributed by atoms with Crippen LogP contribution in [0.4, 0.5) is 11.4 Å². The first-order valence-corrected chi connectivity index (χ1v) is 5.63. The van der Waals surface area contributed by atoms with Gasteiger partial charge in [0.15, 0.2) is 0 Å². The molecule has 0 bridgehead atoms. The third-order valence-corrected chi connectivity index (χ3v) is 3.14. The normalized spacial score (nSPS) is 22.9. The molecule has 0 heterocycles. The third-order valence-electron chi connectivity index (χ3n) is 3.14. The quantitative estimate of drug-likeness (QED) is 0.626. The first kappa shape index (κ1) is 10.9. The van der Waals surface area contributed by atoms with Crippen molar-refractivity contribution in [3.63, 3.8) is 0 Å². The molecule has 1 saturated carbocycles. The van der Waals surface area contributed by atoms with E-state index in [4.69, 9.17) is 0 Å². The largest absolute Gasteiger partial charge is 0.376 e. The van der Waals surface area contributed by atoms with Gasteiger partial charge in [-0.3, -0.25) is 10.1 Å². The second kappa shape index (κ2) is 4.12. The first-order chi connectivity index (χ1) is 7.61. The summed E-state index contributed by atoms with van der Waals surface area (Å²) in [6, 6.07) is 5.61. The highest BCUT2D eigenvalue weighted by molar-refractivity contribution is 5.63. The van der Waals surface area contributed by atoms with Crippen LogP contribution in [0.25, 0.3) is 0 Å². The Labute approximate surface area is 94.8 Å². The number of nitro benzene ring substituents is 1. The zero-order valence-electron chi connectivity index (χ0n) is 9.56. The number of nitro groups is 1. The molecule has 2 rings (SSSR count). The summed E-state index contributed by atoms with van der Waals surface area (Å²) >= 11 is 0. The Bertz CT molecular complexity index is 417. The number of anilines is 1. The van der Waals surface area contributed by atoms with Crippen molar-refractivity contribution < 1.29 is 4.92 Å². The van der Waals surface area contributed by atoms with E-state index in [2.05, 4.69) is 12.2 Å². The molecule has 0 aromatic heterocycles. The van der Waals surface area contributed by atoms with Crippen LogP contribution >= 0.6 is 0 Å². The van der Waals surface area contributed by atoms with Crippen LogP contribution in [0.5, 0.6) is 0 Å². The van der Waals surface area contributed by atoms with Crippen molar-refractivity contribution in [3.8, 4) is 0 Å². The average Bonchev–Trinajstić information content (AvgIpc) is 2.96. The molecule has 1 aliphatic carbocycles. The van der Waals surface area contributed by atoms with Crippen LogP contribution in [0, 0.1) is 23.0 Å². The number of rotatable bonds is 4. The van der Waals surface area contributed by atoms with Crippen LogP contribution in [0.3, 0.4) is 0 Å². The fourth-order valence-electron chi connectivity index (χ4n) is 2.00. The lowest BCUT2D eigenvalue weighted by Crippen LogP contribution is -2.06. The number of hydrogen-bond donors (Lipinski definition) is 1. The van der Waals surface area contributed by atoms with Gasteiger partial charge >= 0.3 is 0 Å². The fraction of sp³-hybridized carbons (Fsp3) is 0.500. The van der Waals surface area contributed by atoms with Crippen molar-refractivity contribution >= 4 is 11.4 Å². The van der Waals surface area contributed by atoms with E-state index in [1.165, 1.54) is 0 Å². The number of hydrogen-bond acceptors (Lipinski definition) is 3. The van der Waals surface area contributed by atoms with E-state index in [1.807, 2.05) is 13.0 Å². The molecule has 4 nitrogen and oxygen atoms in total. The highest BCUT2D eigenvalue weighted by atomic mass is 16.6. The Morgan fingerprint density at radius 3 is 2.88 bits per heavy atom. The van der Waals surface area contributed by atoms with Gasteiger partial charge < -0.3 is 5.32 Å². The molecule has 0 amide bonds. The van der Waals surface area contributed by atoms with E-state index in [0.29, 0.717) is 17.6 Å². The predicted molar refractivity (Wildman–Crippen MR) is 63.6 cm³/mol. The van der Waals surface area contributed by atoms with Gasteiger partial charge in [-0.2, -0.15) is 0 Å². The molecule has 0 saturated heterocycles. The molecule has 2 atom stereocenters. The first-order valence-electron chi connectivity index (χ1n) is 5.63. The van der Waals surface area contributed by atoms with Crippen molar-refractivity contribution in [1.29, 1.82) is 0 Å². The van der Waals surface area contributed by atoms with Crippen LogP contribution in [-0.2, 0) is 0 Å². The number of benzene rings is 1. The van der Waals surface area contributed by atoms with Crippen molar-refractivity contribution in [3.05, 3.63) is 33.9 Å². The molecule has 1 aromatic rings. The van der Waals surface area contributed by atoms with E-state index in [1.54, 1.807) is 12.1 Å². The van der Waals surface area contributed by atoms with Gasteiger partial charge in [0.05, 0.1) is 4.92 Å². The Morgan fingerprint density at radius 1 is 1.56 bits per heavy atom. The number of nitrogens with zero attached hydrogens (tertiary/aromatic N) is 1. The minimum atomic E-state index is -0.328. The van der Waals surface area contributed by atoms with Gasteiger partial charge in [0.1, 0.15) is 5.69 Å². The summed E-state index contributed by atoms with van der Waals surface area (Å²) in [5.74, 6) is 0.681. The maximum Gasteiger partial charge on any atom is 0.292 e. The smallest absolute Gasteiger partial charge is 0.292 e. The summed E-state index contributed by atoms with van der Waals surface area (Å²) in [4.78, 5) is 10.5. The molecule has 1 aliphatic rings. The maximum atomic E-state index is 10.9. The fourth-order valence-corrected chi connectivity index (χ4v) is 2.00. The van der Waals surface area contributed by atoms with Crippen LogP contribution in [-0.4, -0.2) is 11.0 Å². The summed E-state index contributed by atoms with van der Waals surface area (Å²) in [5, 5.41) is 14.1. The minimum absolute atomic E-state index is 0.173. The standard InChI is InChI=1S/C12H16N2O2/c1-3-9-7-10(9)13-11-6-8(2)4-5-12(11)14(15)16/h4-6,9-10,13H,3,7H2,1-2H3. The monoisotopic (exact) mass is 220 g/mol. The van der Waals surface area contributed by atoms with Crippen molar-refractivity contribution in [2.45, 2.75) is 32.7 Å². The number of aryl methyl sites for hydroxylation is 1. The van der Waals surface area contributed by atoms with Crippen LogP contribution in [0.1, 0.15) is 25.3 Å². The van der Waals surface area contributed by atoms with Crippen LogP contribution < -0.4 is 5.32 Å². The van der Waals surface area contributed by atoms with Crippen LogP contribution in [0.15, 0.2) is 18.2 Å². The van der Waals surface area contributed by atoms with Crippen LogP contribution in [0.2, 0.25) is 0 Å². The van der Waals surface area contributed by atoms with E-state index >= 15 is 0 Å². The second-order valence-electron chi connectivity index (χ2n) is 4.43. The Kier molecular flexibility index (Phi) is 2.81. The van der Waals surface area contributed by atoms with Crippen molar-refractivity contribution in [2.24, 2.45) is 5.92 Å². The van der Waals surface area contributed by atoms with Gasteiger partial charge in [-0.25, -0.2) is 0 Å². The predicted octanol–water partition coefficient (Wildman–Crippen LogP) is 3.11. The molecule has 1 aromatic carbocycles. The molecule has 0 aliphatic heterocycles. The van der Waals surface area contributed by atoms with Gasteiger partial charge in [0, 0.05) is 12.1 Å². The second-order valence-corrected chi connectivity index (χ2v) is 4.43. The summed E-state index contributed by atoms with van der Waals surface area (Å²) in [7, 11) is 0. The van der Waals surface area contributed by atoms with Gasteiger partial charge in [0.25, 0.3) is 5.69 Å². The molecule has 16 heavy (non-hydrogen) atoms. The minimum Gasteiger partial charge on any atom is -0.376 e. The van der Waals surface area contributed by atoms with E-state index in [9.17, 15) is 10.1 Å². The molecule has 86 valence electrons. The topological polar surface area (TPSA) is 55.2 Å².